The molecule has 0 bridgehead atoms. The van der Waals surface area contributed by atoms with E-state index in [0.717, 1.165) is 5.56 Å². The highest BCUT2D eigenvalue weighted by atomic mass is 127. The number of sulfonamides is 1. The lowest BCUT2D eigenvalue weighted by atomic mass is 10.1. The van der Waals surface area contributed by atoms with Crippen LogP contribution in [-0.4, -0.2) is 41.1 Å². The second-order valence-electron chi connectivity index (χ2n) is 5.66. The molecule has 3 N–H and O–H groups in total. The van der Waals surface area contributed by atoms with Crippen LogP contribution >= 0.6 is 35.6 Å². The van der Waals surface area contributed by atoms with Gasteiger partial charge in [-0.2, -0.15) is 0 Å². The SMILES string of the molecule is CN=C(NCCNS(=O)(=O)c1cccc(Cl)c1)NCCc1cccc(F)c1.I. The Kier molecular flexibility index (Phi) is 10.7. The Morgan fingerprint density at radius 2 is 1.79 bits per heavy atom. The first-order valence-electron chi connectivity index (χ1n) is 8.35. The van der Waals surface area contributed by atoms with Gasteiger partial charge in [-0.15, -0.1) is 24.0 Å². The molecule has 6 nitrogen and oxygen atoms in total. The minimum absolute atomic E-state index is 0. The molecule has 0 aliphatic carbocycles. The first kappa shape index (κ1) is 24.6. The normalized spacial score (nSPS) is 11.6. The fraction of sp³-hybridized carbons (Fsp3) is 0.278. The number of guanidine groups is 1. The van der Waals surface area contributed by atoms with Gasteiger partial charge >= 0.3 is 0 Å². The van der Waals surface area contributed by atoms with Gasteiger partial charge in [0.15, 0.2) is 5.96 Å². The second-order valence-corrected chi connectivity index (χ2v) is 7.86. The van der Waals surface area contributed by atoms with Gasteiger partial charge in [0.2, 0.25) is 10.0 Å². The molecular formula is C18H23ClFIN4O2S. The van der Waals surface area contributed by atoms with E-state index in [2.05, 4.69) is 20.3 Å². The van der Waals surface area contributed by atoms with Crippen LogP contribution in [0.2, 0.25) is 5.02 Å². The van der Waals surface area contributed by atoms with E-state index in [0.29, 0.717) is 30.5 Å². The monoisotopic (exact) mass is 540 g/mol. The largest absolute Gasteiger partial charge is 0.356 e. The first-order valence-corrected chi connectivity index (χ1v) is 10.2. The maximum Gasteiger partial charge on any atom is 0.240 e. The molecule has 2 rings (SSSR count). The smallest absolute Gasteiger partial charge is 0.240 e. The van der Waals surface area contributed by atoms with E-state index in [1.54, 1.807) is 25.2 Å². The number of rotatable bonds is 8. The summed E-state index contributed by atoms with van der Waals surface area (Å²) in [5.74, 6) is 0.273. The van der Waals surface area contributed by atoms with Crippen LogP contribution in [0.1, 0.15) is 5.56 Å². The number of aliphatic imine (C=N–C) groups is 1. The zero-order valence-corrected chi connectivity index (χ0v) is 19.2. The molecule has 10 heteroatoms. The van der Waals surface area contributed by atoms with Gasteiger partial charge in [-0.3, -0.25) is 4.99 Å². The van der Waals surface area contributed by atoms with Crippen molar-refractivity contribution >= 4 is 51.6 Å². The van der Waals surface area contributed by atoms with Crippen molar-refractivity contribution in [3.63, 3.8) is 0 Å². The lowest BCUT2D eigenvalue weighted by molar-refractivity contribution is 0.580. The molecule has 0 saturated heterocycles. The predicted octanol–water partition coefficient (Wildman–Crippen LogP) is 2.78. The molecule has 0 aliphatic heterocycles. The summed E-state index contributed by atoms with van der Waals surface area (Å²) in [5.41, 5.74) is 0.882. The molecule has 0 fully saturated rings. The highest BCUT2D eigenvalue weighted by Crippen LogP contribution is 2.14. The first-order chi connectivity index (χ1) is 12.9. The van der Waals surface area contributed by atoms with Crippen molar-refractivity contribution in [2.24, 2.45) is 4.99 Å². The fourth-order valence-corrected chi connectivity index (χ4v) is 3.65. The van der Waals surface area contributed by atoms with Gasteiger partial charge in [0.05, 0.1) is 4.90 Å². The van der Waals surface area contributed by atoms with E-state index < -0.39 is 10.0 Å². The molecule has 0 aromatic heterocycles. The van der Waals surface area contributed by atoms with E-state index in [-0.39, 0.29) is 41.2 Å². The van der Waals surface area contributed by atoms with Crippen molar-refractivity contribution in [2.45, 2.75) is 11.3 Å². The van der Waals surface area contributed by atoms with E-state index >= 15 is 0 Å². The minimum Gasteiger partial charge on any atom is -0.356 e. The summed E-state index contributed by atoms with van der Waals surface area (Å²) in [6, 6.07) is 12.5. The summed E-state index contributed by atoms with van der Waals surface area (Å²) >= 11 is 5.82. The van der Waals surface area contributed by atoms with Crippen molar-refractivity contribution in [3.05, 3.63) is 64.9 Å². The van der Waals surface area contributed by atoms with Crippen LogP contribution < -0.4 is 15.4 Å². The van der Waals surface area contributed by atoms with E-state index in [1.165, 1.54) is 24.3 Å². The fourth-order valence-electron chi connectivity index (χ4n) is 2.32. The van der Waals surface area contributed by atoms with Crippen LogP contribution in [-0.2, 0) is 16.4 Å². The molecular weight excluding hydrogens is 518 g/mol. The Labute approximate surface area is 187 Å². The molecule has 0 saturated carbocycles. The van der Waals surface area contributed by atoms with Crippen LogP contribution in [0.4, 0.5) is 4.39 Å². The Hall–Kier alpha value is -1.43. The Bertz CT molecular complexity index is 897. The molecule has 0 radical (unpaired) electrons. The number of nitrogens with one attached hydrogen (secondary N) is 3. The highest BCUT2D eigenvalue weighted by Gasteiger charge is 2.13. The molecule has 0 atom stereocenters. The predicted molar refractivity (Wildman–Crippen MR) is 122 cm³/mol. The zero-order chi connectivity index (χ0) is 19.7. The van der Waals surface area contributed by atoms with Crippen LogP contribution in [0.25, 0.3) is 0 Å². The second kappa shape index (κ2) is 12.2. The van der Waals surface area contributed by atoms with Crippen molar-refractivity contribution in [1.29, 1.82) is 0 Å². The lowest BCUT2D eigenvalue weighted by Gasteiger charge is -2.12. The molecule has 0 unspecified atom stereocenters. The van der Waals surface area contributed by atoms with Gasteiger partial charge in [-0.25, -0.2) is 17.5 Å². The summed E-state index contributed by atoms with van der Waals surface area (Å²) in [4.78, 5) is 4.18. The maximum atomic E-state index is 13.1. The van der Waals surface area contributed by atoms with Crippen LogP contribution in [0.5, 0.6) is 0 Å². The summed E-state index contributed by atoms with van der Waals surface area (Å²) < 4.78 is 40.0. The summed E-state index contributed by atoms with van der Waals surface area (Å²) in [6.45, 7) is 1.09. The van der Waals surface area contributed by atoms with Crippen molar-refractivity contribution in [1.82, 2.24) is 15.4 Å². The number of nitrogens with zero attached hydrogens (tertiary/aromatic N) is 1. The van der Waals surface area contributed by atoms with Gasteiger partial charge < -0.3 is 10.6 Å². The van der Waals surface area contributed by atoms with E-state index in [1.807, 2.05) is 6.07 Å². The lowest BCUT2D eigenvalue weighted by Crippen LogP contribution is -2.42. The number of hydrogen-bond donors (Lipinski definition) is 3. The molecule has 0 spiro atoms. The van der Waals surface area contributed by atoms with Gasteiger partial charge in [-0.05, 0) is 42.3 Å². The number of benzene rings is 2. The van der Waals surface area contributed by atoms with Crippen LogP contribution in [0, 0.1) is 5.82 Å². The van der Waals surface area contributed by atoms with Crippen molar-refractivity contribution < 1.29 is 12.8 Å². The average molecular weight is 541 g/mol. The van der Waals surface area contributed by atoms with Gasteiger partial charge in [0.25, 0.3) is 0 Å². The zero-order valence-electron chi connectivity index (χ0n) is 15.3. The van der Waals surface area contributed by atoms with E-state index in [4.69, 9.17) is 11.6 Å². The summed E-state index contributed by atoms with van der Waals surface area (Å²) in [7, 11) is -2.00. The van der Waals surface area contributed by atoms with Crippen LogP contribution in [0.15, 0.2) is 58.4 Å². The summed E-state index contributed by atoms with van der Waals surface area (Å²) in [5, 5.41) is 6.47. The molecule has 2 aromatic carbocycles. The maximum absolute atomic E-state index is 13.1. The molecule has 28 heavy (non-hydrogen) atoms. The van der Waals surface area contributed by atoms with Crippen molar-refractivity contribution in [3.8, 4) is 0 Å². The van der Waals surface area contributed by atoms with Crippen LogP contribution in [0.3, 0.4) is 0 Å². The molecule has 0 aliphatic rings. The molecule has 0 amide bonds. The molecule has 154 valence electrons. The summed E-state index contributed by atoms with van der Waals surface area (Å²) in [6.07, 6.45) is 0.639. The Morgan fingerprint density at radius 1 is 1.07 bits per heavy atom. The van der Waals surface area contributed by atoms with Gasteiger partial charge in [-0.1, -0.05) is 29.8 Å². The third-order valence-electron chi connectivity index (χ3n) is 3.63. The average Bonchev–Trinajstić information content (AvgIpc) is 2.64. The Morgan fingerprint density at radius 3 is 2.46 bits per heavy atom. The highest BCUT2D eigenvalue weighted by molar-refractivity contribution is 14.0. The third-order valence-corrected chi connectivity index (χ3v) is 5.33. The van der Waals surface area contributed by atoms with E-state index in [9.17, 15) is 12.8 Å². The van der Waals surface area contributed by atoms with Crippen molar-refractivity contribution in [2.75, 3.05) is 26.7 Å². The molecule has 2 aromatic rings. The Balaban J connectivity index is 0.00000392. The number of halogens is 3. The topological polar surface area (TPSA) is 82.6 Å². The standard InChI is InChI=1S/C18H22ClFN4O2S.HI/c1-21-18(22-9-8-14-4-2-6-16(20)12-14)23-10-11-24-27(25,26)17-7-3-5-15(19)13-17;/h2-7,12-13,24H,8-11H2,1H3,(H2,21,22,23);1H. The quantitative estimate of drug-likeness (QED) is 0.208. The van der Waals surface area contributed by atoms with Gasteiger partial charge in [0.1, 0.15) is 5.82 Å². The molecule has 0 heterocycles. The van der Waals surface area contributed by atoms with Gasteiger partial charge in [0, 0.05) is 31.7 Å². The number of hydrogen-bond acceptors (Lipinski definition) is 3. The minimum atomic E-state index is -3.61. The third kappa shape index (κ3) is 8.29.